The fourth-order valence-corrected chi connectivity index (χ4v) is 2.15. The van der Waals surface area contributed by atoms with Crippen molar-refractivity contribution in [3.8, 4) is 0 Å². The summed E-state index contributed by atoms with van der Waals surface area (Å²) in [7, 11) is 0. The molecule has 0 amide bonds. The lowest BCUT2D eigenvalue weighted by Crippen LogP contribution is -2.18. The maximum Gasteiger partial charge on any atom is 0.146 e. The summed E-state index contributed by atoms with van der Waals surface area (Å²) in [4.78, 5) is 0. The Hall–Kier alpha value is -1.10. The Labute approximate surface area is 143 Å². The molecule has 0 heterocycles. The predicted molar refractivity (Wildman–Crippen MR) is 93.8 cm³/mol. The van der Waals surface area contributed by atoms with Crippen LogP contribution in [0, 0.1) is 5.82 Å². The van der Waals surface area contributed by atoms with Gasteiger partial charge in [-0.2, -0.15) is 0 Å². The van der Waals surface area contributed by atoms with Gasteiger partial charge in [0.05, 0.1) is 18.9 Å². The van der Waals surface area contributed by atoms with Gasteiger partial charge in [0.2, 0.25) is 0 Å². The Bertz CT molecular complexity index is 626. The van der Waals surface area contributed by atoms with E-state index >= 15 is 0 Å². The molecule has 2 rings (SSSR count). The van der Waals surface area contributed by atoms with E-state index in [4.69, 9.17) is 16.3 Å². The van der Waals surface area contributed by atoms with Crippen LogP contribution >= 0.6 is 27.5 Å². The van der Waals surface area contributed by atoms with Gasteiger partial charge < -0.3 is 10.1 Å². The second-order valence-electron chi connectivity index (χ2n) is 5.66. The zero-order valence-electron chi connectivity index (χ0n) is 12.5. The smallest absolute Gasteiger partial charge is 0.146 e. The molecule has 0 fully saturated rings. The maximum atomic E-state index is 13.9. The first-order valence-corrected chi connectivity index (χ1v) is 8.08. The van der Waals surface area contributed by atoms with E-state index in [9.17, 15) is 4.39 Å². The minimum absolute atomic E-state index is 0.0720. The number of benzene rings is 2. The number of hydrogen-bond donors (Lipinski definition) is 1. The molecule has 0 radical (unpaired) electrons. The second kappa shape index (κ2) is 7.44. The summed E-state index contributed by atoms with van der Waals surface area (Å²) >= 11 is 9.36. The van der Waals surface area contributed by atoms with E-state index in [1.54, 1.807) is 36.4 Å². The van der Waals surface area contributed by atoms with Crippen LogP contribution in [-0.2, 0) is 11.3 Å². The number of nitrogens with one attached hydrogen (secondary N) is 1. The molecule has 0 saturated carbocycles. The van der Waals surface area contributed by atoms with Gasteiger partial charge >= 0.3 is 0 Å². The van der Waals surface area contributed by atoms with Gasteiger partial charge in [-0.15, -0.1) is 0 Å². The molecule has 0 bridgehead atoms. The number of rotatable bonds is 6. The molecule has 1 N–H and O–H groups in total. The van der Waals surface area contributed by atoms with Crippen molar-refractivity contribution in [1.82, 2.24) is 0 Å². The van der Waals surface area contributed by atoms with Gasteiger partial charge in [0.25, 0.3) is 0 Å². The molecule has 0 aromatic heterocycles. The Kier molecular flexibility index (Phi) is 5.84. The molecule has 0 atom stereocenters. The summed E-state index contributed by atoms with van der Waals surface area (Å²) in [6.07, 6.45) is 0. The van der Waals surface area contributed by atoms with Gasteiger partial charge in [-0.3, -0.25) is 0 Å². The lowest BCUT2D eigenvalue weighted by molar-refractivity contribution is 0.108. The van der Waals surface area contributed by atoms with Crippen LogP contribution in [0.2, 0.25) is 5.02 Å². The van der Waals surface area contributed by atoms with Crippen LogP contribution in [0.3, 0.4) is 0 Å². The third-order valence-corrected chi connectivity index (χ3v) is 3.35. The monoisotopic (exact) mass is 385 g/mol. The fraction of sp³-hybridized carbons (Fsp3) is 0.294. The van der Waals surface area contributed by atoms with Crippen molar-refractivity contribution in [3.05, 3.63) is 58.9 Å². The van der Waals surface area contributed by atoms with Crippen molar-refractivity contribution < 1.29 is 9.13 Å². The molecule has 22 heavy (non-hydrogen) atoms. The maximum absolute atomic E-state index is 13.9. The van der Waals surface area contributed by atoms with Gasteiger partial charge in [0.15, 0.2) is 0 Å². The van der Waals surface area contributed by atoms with Crippen LogP contribution in [0.25, 0.3) is 0 Å². The summed E-state index contributed by atoms with van der Waals surface area (Å²) in [5, 5.41) is 3.69. The lowest BCUT2D eigenvalue weighted by Gasteiger charge is -2.16. The number of halogens is 3. The van der Waals surface area contributed by atoms with E-state index in [0.717, 1.165) is 11.3 Å². The van der Waals surface area contributed by atoms with Crippen molar-refractivity contribution in [3.63, 3.8) is 0 Å². The van der Waals surface area contributed by atoms with Crippen LogP contribution in [0.1, 0.15) is 19.4 Å². The number of anilines is 2. The topological polar surface area (TPSA) is 21.3 Å². The normalized spacial score (nSPS) is 11.5. The average molecular weight is 387 g/mol. The van der Waals surface area contributed by atoms with E-state index in [1.165, 1.54) is 6.07 Å². The van der Waals surface area contributed by atoms with Crippen LogP contribution in [0.4, 0.5) is 15.8 Å². The minimum Gasteiger partial charge on any atom is -0.375 e. The van der Waals surface area contributed by atoms with Crippen LogP contribution in [0.15, 0.2) is 42.5 Å². The van der Waals surface area contributed by atoms with Crippen LogP contribution in [-0.4, -0.2) is 10.9 Å². The average Bonchev–Trinajstić information content (AvgIpc) is 2.43. The first-order valence-electron chi connectivity index (χ1n) is 6.91. The molecule has 0 aliphatic heterocycles. The summed E-state index contributed by atoms with van der Waals surface area (Å²) in [5.41, 5.74) is 2.11. The third kappa shape index (κ3) is 5.59. The van der Waals surface area contributed by atoms with Gasteiger partial charge in [0.1, 0.15) is 5.82 Å². The van der Waals surface area contributed by atoms with Gasteiger partial charge in [-0.25, -0.2) is 4.39 Å². The quantitative estimate of drug-likeness (QED) is 0.623. The predicted octanol–water partition coefficient (Wildman–Crippen LogP) is 5.91. The molecule has 2 aromatic rings. The van der Waals surface area contributed by atoms with Crippen molar-refractivity contribution in [2.45, 2.75) is 24.8 Å². The van der Waals surface area contributed by atoms with E-state index in [1.807, 2.05) is 13.8 Å². The molecule has 2 nitrogen and oxygen atoms in total. The van der Waals surface area contributed by atoms with E-state index < -0.39 is 0 Å². The highest BCUT2D eigenvalue weighted by Crippen LogP contribution is 2.23. The highest BCUT2D eigenvalue weighted by molar-refractivity contribution is 9.10. The molecule has 0 aliphatic rings. The highest BCUT2D eigenvalue weighted by Gasteiger charge is 2.12. The summed E-state index contributed by atoms with van der Waals surface area (Å²) < 4.78 is 19.5. The van der Waals surface area contributed by atoms with Crippen molar-refractivity contribution in [2.24, 2.45) is 0 Å². The molecule has 118 valence electrons. The van der Waals surface area contributed by atoms with Crippen molar-refractivity contribution in [2.75, 3.05) is 11.9 Å². The Morgan fingerprint density at radius 3 is 2.50 bits per heavy atom. The van der Waals surface area contributed by atoms with Gasteiger partial charge in [-0.1, -0.05) is 33.6 Å². The van der Waals surface area contributed by atoms with Crippen LogP contribution < -0.4 is 5.32 Å². The van der Waals surface area contributed by atoms with Crippen molar-refractivity contribution in [1.29, 1.82) is 0 Å². The highest BCUT2D eigenvalue weighted by atomic mass is 79.9. The zero-order chi connectivity index (χ0) is 16.2. The van der Waals surface area contributed by atoms with E-state index in [-0.39, 0.29) is 10.1 Å². The van der Waals surface area contributed by atoms with Crippen molar-refractivity contribution >= 4 is 38.9 Å². The van der Waals surface area contributed by atoms with Gasteiger partial charge in [0, 0.05) is 15.0 Å². The standard InChI is InChI=1S/C17H18BrClFNO/c1-17(2,18)11-22-10-12-3-8-15(20)16(9-12)21-14-6-4-13(19)5-7-14/h3-9,21H,10-11H2,1-2H3. The van der Waals surface area contributed by atoms with Crippen LogP contribution in [0.5, 0.6) is 0 Å². The first kappa shape index (κ1) is 17.3. The molecular formula is C17H18BrClFNO. The molecule has 0 spiro atoms. The number of hydrogen-bond acceptors (Lipinski definition) is 2. The molecule has 0 saturated heterocycles. The van der Waals surface area contributed by atoms with E-state index in [0.29, 0.717) is 23.9 Å². The van der Waals surface area contributed by atoms with Gasteiger partial charge in [-0.05, 0) is 55.8 Å². The Morgan fingerprint density at radius 2 is 1.86 bits per heavy atom. The molecular weight excluding hydrogens is 369 g/mol. The zero-order valence-corrected chi connectivity index (χ0v) is 14.8. The number of alkyl halides is 1. The van der Waals surface area contributed by atoms with E-state index in [2.05, 4.69) is 21.2 Å². The second-order valence-corrected chi connectivity index (χ2v) is 8.24. The third-order valence-electron chi connectivity index (χ3n) is 2.87. The summed E-state index contributed by atoms with van der Waals surface area (Å²) in [6.45, 7) is 5.07. The SMILES string of the molecule is CC(C)(Br)COCc1ccc(F)c(Nc2ccc(Cl)cc2)c1. The molecule has 2 aromatic carbocycles. The number of ether oxygens (including phenoxy) is 1. The minimum atomic E-state index is -0.306. The first-order chi connectivity index (χ1) is 10.3. The molecule has 0 aliphatic carbocycles. The molecule has 0 unspecified atom stereocenters. The largest absolute Gasteiger partial charge is 0.375 e. The summed E-state index contributed by atoms with van der Waals surface area (Å²) in [5.74, 6) is -0.306. The Balaban J connectivity index is 2.05. The fourth-order valence-electron chi connectivity index (χ4n) is 1.86. The molecule has 5 heteroatoms. The summed E-state index contributed by atoms with van der Waals surface area (Å²) in [6, 6.07) is 12.0. The lowest BCUT2D eigenvalue weighted by atomic mass is 10.2. The Morgan fingerprint density at radius 1 is 1.18 bits per heavy atom.